The maximum Gasteiger partial charge on any atom is 0.248 e. The number of aryl methyl sites for hydroxylation is 2. The third kappa shape index (κ3) is 4.16. The van der Waals surface area contributed by atoms with Gasteiger partial charge in [-0.15, -0.1) is 0 Å². The predicted octanol–water partition coefficient (Wildman–Crippen LogP) is 4.33. The zero-order valence-corrected chi connectivity index (χ0v) is 16.3. The summed E-state index contributed by atoms with van der Waals surface area (Å²) >= 11 is 0. The summed E-state index contributed by atoms with van der Waals surface area (Å²) in [6, 6.07) is 19.4. The number of carbonyl (C=O) groups is 1. The Morgan fingerprint density at radius 3 is 2.55 bits per heavy atom. The van der Waals surface area contributed by atoms with Gasteiger partial charge in [-0.1, -0.05) is 30.3 Å². The van der Waals surface area contributed by atoms with E-state index in [-0.39, 0.29) is 5.91 Å². The van der Waals surface area contributed by atoms with Crippen molar-refractivity contribution in [3.8, 4) is 11.4 Å². The van der Waals surface area contributed by atoms with Gasteiger partial charge in [-0.05, 0) is 50.3 Å². The van der Waals surface area contributed by atoms with Crippen LogP contribution in [0.5, 0.6) is 0 Å². The molecule has 0 unspecified atom stereocenters. The highest BCUT2D eigenvalue weighted by molar-refractivity contribution is 6.03. The van der Waals surface area contributed by atoms with Gasteiger partial charge in [0.05, 0.1) is 29.0 Å². The number of nitrogens with one attached hydrogen (secondary N) is 1. The third-order valence-corrected chi connectivity index (χ3v) is 4.45. The van der Waals surface area contributed by atoms with Gasteiger partial charge >= 0.3 is 0 Å². The minimum Gasteiger partial charge on any atom is -0.321 e. The van der Waals surface area contributed by atoms with E-state index in [0.717, 1.165) is 28.3 Å². The number of anilines is 1. The highest BCUT2D eigenvalue weighted by atomic mass is 16.1. The molecule has 2 heterocycles. The average Bonchev–Trinajstić information content (AvgIpc) is 3.33. The molecule has 0 saturated heterocycles. The summed E-state index contributed by atoms with van der Waals surface area (Å²) in [5.74, 6) is -0.216. The molecule has 2 aromatic carbocycles. The number of rotatable bonds is 5. The first-order valence-corrected chi connectivity index (χ1v) is 9.32. The van der Waals surface area contributed by atoms with E-state index >= 15 is 0 Å². The van der Waals surface area contributed by atoms with Crippen molar-refractivity contribution >= 4 is 17.7 Å². The van der Waals surface area contributed by atoms with Gasteiger partial charge < -0.3 is 5.32 Å². The molecule has 0 bridgehead atoms. The van der Waals surface area contributed by atoms with Crippen LogP contribution in [0, 0.1) is 13.8 Å². The van der Waals surface area contributed by atoms with E-state index in [2.05, 4.69) is 15.5 Å². The van der Waals surface area contributed by atoms with Gasteiger partial charge in [0, 0.05) is 23.5 Å². The van der Waals surface area contributed by atoms with E-state index in [9.17, 15) is 4.79 Å². The smallest absolute Gasteiger partial charge is 0.248 e. The highest BCUT2D eigenvalue weighted by Gasteiger charge is 2.10. The topological polar surface area (TPSA) is 64.7 Å². The molecular weight excluding hydrogens is 362 g/mol. The van der Waals surface area contributed by atoms with Crippen LogP contribution in [-0.2, 0) is 4.79 Å². The Morgan fingerprint density at radius 1 is 1.03 bits per heavy atom. The molecule has 0 saturated carbocycles. The van der Waals surface area contributed by atoms with Crippen molar-refractivity contribution in [2.45, 2.75) is 13.8 Å². The van der Waals surface area contributed by atoms with Crippen LogP contribution in [0.1, 0.15) is 17.0 Å². The lowest BCUT2D eigenvalue weighted by Crippen LogP contribution is -2.11. The summed E-state index contributed by atoms with van der Waals surface area (Å²) in [4.78, 5) is 12.5. The van der Waals surface area contributed by atoms with Gasteiger partial charge in [0.1, 0.15) is 0 Å². The van der Waals surface area contributed by atoms with Crippen LogP contribution in [0.2, 0.25) is 0 Å². The first kappa shape index (κ1) is 18.4. The lowest BCUT2D eigenvalue weighted by Gasteiger charge is -2.11. The van der Waals surface area contributed by atoms with Crippen molar-refractivity contribution in [1.29, 1.82) is 0 Å². The van der Waals surface area contributed by atoms with Crippen molar-refractivity contribution in [3.63, 3.8) is 0 Å². The lowest BCUT2D eigenvalue weighted by atomic mass is 10.2. The van der Waals surface area contributed by atoms with Crippen molar-refractivity contribution < 1.29 is 4.79 Å². The van der Waals surface area contributed by atoms with Crippen molar-refractivity contribution in [1.82, 2.24) is 19.6 Å². The lowest BCUT2D eigenvalue weighted by molar-refractivity contribution is -0.111. The van der Waals surface area contributed by atoms with E-state index in [1.165, 1.54) is 6.08 Å². The van der Waals surface area contributed by atoms with Gasteiger partial charge in [-0.25, -0.2) is 9.36 Å². The van der Waals surface area contributed by atoms with Crippen LogP contribution in [0.25, 0.3) is 17.5 Å². The molecule has 144 valence electrons. The average molecular weight is 383 g/mol. The van der Waals surface area contributed by atoms with Crippen LogP contribution in [0.3, 0.4) is 0 Å². The molecule has 4 aromatic rings. The standard InChI is InChI=1S/C23H21N5O/c1-17-14-18(2)28(26-17)22-11-7-6-10-21(22)25-23(29)13-12-19-15-24-27(16-19)20-8-4-3-5-9-20/h3-16H,1-2H3,(H,25,29)/b13-12+. The van der Waals surface area contributed by atoms with Crippen LogP contribution in [0.15, 0.2) is 79.1 Å². The molecule has 0 aliphatic rings. The fourth-order valence-electron chi connectivity index (χ4n) is 3.13. The number of hydrogen-bond donors (Lipinski definition) is 1. The van der Waals surface area contributed by atoms with E-state index in [4.69, 9.17) is 0 Å². The zero-order valence-electron chi connectivity index (χ0n) is 16.3. The summed E-state index contributed by atoms with van der Waals surface area (Å²) in [6.07, 6.45) is 6.85. The maximum absolute atomic E-state index is 12.5. The molecule has 4 rings (SSSR count). The quantitative estimate of drug-likeness (QED) is 0.522. The second-order valence-electron chi connectivity index (χ2n) is 6.73. The number of benzene rings is 2. The fourth-order valence-corrected chi connectivity index (χ4v) is 3.13. The maximum atomic E-state index is 12.5. The van der Waals surface area contributed by atoms with E-state index < -0.39 is 0 Å². The van der Waals surface area contributed by atoms with Crippen molar-refractivity contribution in [2.75, 3.05) is 5.32 Å². The molecule has 0 aliphatic heterocycles. The SMILES string of the molecule is Cc1cc(C)n(-c2ccccc2NC(=O)/C=C/c2cnn(-c3ccccc3)c2)n1. The van der Waals surface area contributed by atoms with Crippen LogP contribution in [-0.4, -0.2) is 25.5 Å². The molecule has 6 nitrogen and oxygen atoms in total. The van der Waals surface area contributed by atoms with Gasteiger partial charge in [-0.2, -0.15) is 10.2 Å². The Bertz CT molecular complexity index is 1170. The van der Waals surface area contributed by atoms with Gasteiger partial charge in [0.2, 0.25) is 5.91 Å². The molecule has 29 heavy (non-hydrogen) atoms. The number of nitrogens with zero attached hydrogens (tertiary/aromatic N) is 4. The molecule has 0 spiro atoms. The molecule has 1 amide bonds. The number of amides is 1. The normalized spacial score (nSPS) is 11.1. The Labute approximate surface area is 169 Å². The summed E-state index contributed by atoms with van der Waals surface area (Å²) in [6.45, 7) is 3.94. The Balaban J connectivity index is 1.50. The van der Waals surface area contributed by atoms with Gasteiger partial charge in [-0.3, -0.25) is 4.79 Å². The Kier molecular flexibility index (Phi) is 5.07. The Morgan fingerprint density at radius 2 is 1.79 bits per heavy atom. The van der Waals surface area contributed by atoms with Crippen molar-refractivity contribution in [2.24, 2.45) is 0 Å². The van der Waals surface area contributed by atoms with E-state index in [1.807, 2.05) is 85.4 Å². The van der Waals surface area contributed by atoms with Crippen LogP contribution in [0.4, 0.5) is 5.69 Å². The fraction of sp³-hybridized carbons (Fsp3) is 0.0870. The third-order valence-electron chi connectivity index (χ3n) is 4.45. The number of para-hydroxylation sites is 3. The molecule has 0 radical (unpaired) electrons. The van der Waals surface area contributed by atoms with Crippen molar-refractivity contribution in [3.05, 3.63) is 96.1 Å². The first-order chi connectivity index (χ1) is 14.1. The molecule has 0 atom stereocenters. The van der Waals surface area contributed by atoms with E-state index in [1.54, 1.807) is 17.0 Å². The number of hydrogen-bond acceptors (Lipinski definition) is 3. The molecule has 6 heteroatoms. The minimum atomic E-state index is -0.216. The van der Waals surface area contributed by atoms with Gasteiger partial charge in [0.15, 0.2) is 0 Å². The largest absolute Gasteiger partial charge is 0.321 e. The summed E-state index contributed by atoms with van der Waals surface area (Å²) in [7, 11) is 0. The Hall–Kier alpha value is -3.93. The minimum absolute atomic E-state index is 0.216. The molecule has 0 aliphatic carbocycles. The molecule has 1 N–H and O–H groups in total. The highest BCUT2D eigenvalue weighted by Crippen LogP contribution is 2.21. The molecule has 0 fully saturated rings. The second-order valence-corrected chi connectivity index (χ2v) is 6.73. The first-order valence-electron chi connectivity index (χ1n) is 9.32. The zero-order chi connectivity index (χ0) is 20.2. The summed E-state index contributed by atoms with van der Waals surface area (Å²) in [5, 5.41) is 11.8. The van der Waals surface area contributed by atoms with Gasteiger partial charge in [0.25, 0.3) is 0 Å². The van der Waals surface area contributed by atoms with Crippen LogP contribution >= 0.6 is 0 Å². The summed E-state index contributed by atoms with van der Waals surface area (Å²) < 4.78 is 3.61. The van der Waals surface area contributed by atoms with Crippen LogP contribution < -0.4 is 5.32 Å². The second kappa shape index (κ2) is 7.98. The predicted molar refractivity (Wildman–Crippen MR) is 114 cm³/mol. The monoisotopic (exact) mass is 383 g/mol. The number of aromatic nitrogens is 4. The summed E-state index contributed by atoms with van der Waals surface area (Å²) in [5.41, 5.74) is 5.28. The molecule has 2 aromatic heterocycles. The number of carbonyl (C=O) groups excluding carboxylic acids is 1. The van der Waals surface area contributed by atoms with E-state index in [0.29, 0.717) is 5.69 Å². The molecular formula is C23H21N5O.